The van der Waals surface area contributed by atoms with E-state index in [1.54, 1.807) is 30.3 Å². The number of hydrogen-bond acceptors (Lipinski definition) is 6. The first-order chi connectivity index (χ1) is 14.5. The lowest BCUT2D eigenvalue weighted by Gasteiger charge is -2.15. The van der Waals surface area contributed by atoms with Gasteiger partial charge in [-0.15, -0.1) is 0 Å². The molecule has 1 heterocycles. The summed E-state index contributed by atoms with van der Waals surface area (Å²) in [6, 6.07) is 18.8. The number of sulfonamides is 1. The summed E-state index contributed by atoms with van der Waals surface area (Å²) in [5.74, 6) is 0.227. The number of fused-ring (bicyclic) bond motifs is 1. The largest absolute Gasteiger partial charge is 0.495 e. The lowest BCUT2D eigenvalue weighted by atomic mass is 10.3. The number of benzene rings is 3. The third kappa shape index (κ3) is 4.01. The molecule has 152 valence electrons. The smallest absolute Gasteiger partial charge is 0.263 e. The molecule has 0 atom stereocenters. The molecule has 9 heteroatoms. The molecule has 0 bridgehead atoms. The Morgan fingerprint density at radius 3 is 2.10 bits per heavy atom. The van der Waals surface area contributed by atoms with E-state index in [-0.39, 0.29) is 16.5 Å². The highest BCUT2D eigenvalue weighted by Gasteiger charge is 2.19. The Morgan fingerprint density at radius 1 is 0.833 bits per heavy atom. The van der Waals surface area contributed by atoms with Gasteiger partial charge in [-0.1, -0.05) is 24.3 Å². The van der Waals surface area contributed by atoms with Crippen LogP contribution >= 0.6 is 0 Å². The Morgan fingerprint density at radius 2 is 1.43 bits per heavy atom. The average Bonchev–Trinajstić information content (AvgIpc) is 2.74. The van der Waals surface area contributed by atoms with Crippen molar-refractivity contribution in [2.75, 3.05) is 17.1 Å². The molecule has 4 aromatic rings. The lowest BCUT2D eigenvalue weighted by Crippen LogP contribution is -2.16. The van der Waals surface area contributed by atoms with Crippen LogP contribution in [0, 0.1) is 5.82 Å². The zero-order valence-corrected chi connectivity index (χ0v) is 16.7. The average molecular weight is 424 g/mol. The van der Waals surface area contributed by atoms with Crippen molar-refractivity contribution >= 4 is 38.4 Å². The van der Waals surface area contributed by atoms with Crippen LogP contribution in [0.4, 0.5) is 21.7 Å². The monoisotopic (exact) mass is 424 g/mol. The summed E-state index contributed by atoms with van der Waals surface area (Å²) in [6.07, 6.45) is 0. The molecule has 0 radical (unpaired) electrons. The number of nitrogens with zero attached hydrogens (tertiary/aromatic N) is 2. The number of anilines is 3. The SMILES string of the molecule is COc1ccccc1Nc1nc2ccccc2nc1NS(=O)(=O)c1ccc(F)cc1. The molecule has 30 heavy (non-hydrogen) atoms. The molecule has 0 saturated heterocycles. The van der Waals surface area contributed by atoms with Crippen molar-refractivity contribution in [3.05, 3.63) is 78.6 Å². The molecule has 4 rings (SSSR count). The van der Waals surface area contributed by atoms with Gasteiger partial charge in [-0.25, -0.2) is 22.8 Å². The van der Waals surface area contributed by atoms with Crippen LogP contribution in [0.2, 0.25) is 0 Å². The number of methoxy groups -OCH3 is 1. The number of nitrogens with one attached hydrogen (secondary N) is 2. The van der Waals surface area contributed by atoms with Crippen molar-refractivity contribution in [1.82, 2.24) is 9.97 Å². The maximum atomic E-state index is 13.2. The summed E-state index contributed by atoms with van der Waals surface area (Å²) in [5.41, 5.74) is 1.69. The quantitative estimate of drug-likeness (QED) is 0.479. The normalized spacial score (nSPS) is 11.3. The van der Waals surface area contributed by atoms with E-state index in [9.17, 15) is 12.8 Å². The molecule has 2 N–H and O–H groups in total. The van der Waals surface area contributed by atoms with Gasteiger partial charge >= 0.3 is 0 Å². The molecule has 0 aliphatic carbocycles. The molecule has 7 nitrogen and oxygen atoms in total. The fourth-order valence-corrected chi connectivity index (χ4v) is 3.84. The number of halogens is 1. The van der Waals surface area contributed by atoms with E-state index in [1.165, 1.54) is 19.2 Å². The Kier molecular flexibility index (Phi) is 5.20. The third-order valence-electron chi connectivity index (χ3n) is 4.29. The van der Waals surface area contributed by atoms with Crippen molar-refractivity contribution in [2.24, 2.45) is 0 Å². The minimum absolute atomic E-state index is 0.00364. The minimum atomic E-state index is -4.02. The van der Waals surface area contributed by atoms with Crippen molar-refractivity contribution in [1.29, 1.82) is 0 Å². The van der Waals surface area contributed by atoms with Crippen molar-refractivity contribution in [3.63, 3.8) is 0 Å². The van der Waals surface area contributed by atoms with Gasteiger partial charge in [0, 0.05) is 0 Å². The third-order valence-corrected chi connectivity index (χ3v) is 5.64. The molecule has 0 amide bonds. The van der Waals surface area contributed by atoms with Gasteiger partial charge in [0.15, 0.2) is 11.6 Å². The van der Waals surface area contributed by atoms with Gasteiger partial charge in [-0.2, -0.15) is 0 Å². The van der Waals surface area contributed by atoms with Gasteiger partial charge in [-0.3, -0.25) is 4.72 Å². The first kappa shape index (κ1) is 19.6. The molecule has 0 unspecified atom stereocenters. The Bertz CT molecular complexity index is 1310. The number of ether oxygens (including phenoxy) is 1. The van der Waals surface area contributed by atoms with Crippen LogP contribution in [0.15, 0.2) is 77.7 Å². The van der Waals surface area contributed by atoms with E-state index in [1.807, 2.05) is 18.2 Å². The summed E-state index contributed by atoms with van der Waals surface area (Å²) >= 11 is 0. The Balaban J connectivity index is 1.79. The maximum absolute atomic E-state index is 13.2. The topological polar surface area (TPSA) is 93.2 Å². The Labute approximate surface area is 172 Å². The molecule has 0 fully saturated rings. The zero-order chi connectivity index (χ0) is 21.1. The molecule has 0 aliphatic rings. The van der Waals surface area contributed by atoms with Crippen LogP contribution < -0.4 is 14.8 Å². The molecular formula is C21H17FN4O3S. The van der Waals surface area contributed by atoms with Gasteiger partial charge in [0.2, 0.25) is 0 Å². The summed E-state index contributed by atoms with van der Waals surface area (Å²) in [6.45, 7) is 0. The van der Waals surface area contributed by atoms with Crippen molar-refractivity contribution < 1.29 is 17.5 Å². The molecule has 0 spiro atoms. The summed E-state index contributed by atoms with van der Waals surface area (Å²) < 4.78 is 46.6. The van der Waals surface area contributed by atoms with Crippen LogP contribution in [-0.4, -0.2) is 25.5 Å². The number of aromatic nitrogens is 2. The molecule has 0 aliphatic heterocycles. The number of para-hydroxylation sites is 4. The lowest BCUT2D eigenvalue weighted by molar-refractivity contribution is 0.417. The second-order valence-electron chi connectivity index (χ2n) is 6.29. The van der Waals surface area contributed by atoms with E-state index in [0.717, 1.165) is 12.1 Å². The van der Waals surface area contributed by atoms with Crippen molar-refractivity contribution in [2.45, 2.75) is 4.90 Å². The van der Waals surface area contributed by atoms with Gasteiger partial charge < -0.3 is 10.1 Å². The highest BCUT2D eigenvalue weighted by molar-refractivity contribution is 7.92. The number of rotatable bonds is 6. The second-order valence-corrected chi connectivity index (χ2v) is 7.98. The summed E-state index contributed by atoms with van der Waals surface area (Å²) in [7, 11) is -2.49. The molecule has 1 aromatic heterocycles. The predicted molar refractivity (Wildman–Crippen MR) is 113 cm³/mol. The van der Waals surface area contributed by atoms with Gasteiger partial charge in [0.05, 0.1) is 28.7 Å². The van der Waals surface area contributed by atoms with Gasteiger partial charge in [0.1, 0.15) is 11.6 Å². The van der Waals surface area contributed by atoms with Crippen LogP contribution in [0.1, 0.15) is 0 Å². The highest BCUT2D eigenvalue weighted by atomic mass is 32.2. The van der Waals surface area contributed by atoms with E-state index in [4.69, 9.17) is 4.74 Å². The van der Waals surface area contributed by atoms with Gasteiger partial charge in [-0.05, 0) is 48.5 Å². The summed E-state index contributed by atoms with van der Waals surface area (Å²) in [5, 5.41) is 3.08. The molecule has 0 saturated carbocycles. The van der Waals surface area contributed by atoms with Crippen molar-refractivity contribution in [3.8, 4) is 5.75 Å². The van der Waals surface area contributed by atoms with Crippen LogP contribution in [0.3, 0.4) is 0 Å². The van der Waals surface area contributed by atoms with E-state index >= 15 is 0 Å². The molecular weight excluding hydrogens is 407 g/mol. The minimum Gasteiger partial charge on any atom is -0.495 e. The summed E-state index contributed by atoms with van der Waals surface area (Å²) in [4.78, 5) is 8.85. The first-order valence-corrected chi connectivity index (χ1v) is 10.4. The standard InChI is InChI=1S/C21H17FN4O3S/c1-29-19-9-5-4-8-18(19)25-20-21(24-17-7-3-2-6-16(17)23-20)26-30(27,28)15-12-10-14(22)11-13-15/h2-13H,1H3,(H,23,25)(H,24,26). The fraction of sp³-hybridized carbons (Fsp3) is 0.0476. The van der Waals surface area contributed by atoms with E-state index < -0.39 is 15.8 Å². The second kappa shape index (κ2) is 7.96. The van der Waals surface area contributed by atoms with E-state index in [0.29, 0.717) is 22.5 Å². The van der Waals surface area contributed by atoms with Gasteiger partial charge in [0.25, 0.3) is 10.0 Å². The number of hydrogen-bond donors (Lipinski definition) is 2. The highest BCUT2D eigenvalue weighted by Crippen LogP contribution is 2.31. The molecule has 3 aromatic carbocycles. The van der Waals surface area contributed by atoms with Crippen LogP contribution in [-0.2, 0) is 10.0 Å². The predicted octanol–water partition coefficient (Wildman–Crippen LogP) is 4.32. The van der Waals surface area contributed by atoms with Crippen LogP contribution in [0.5, 0.6) is 5.75 Å². The fourth-order valence-electron chi connectivity index (χ4n) is 2.83. The van der Waals surface area contributed by atoms with E-state index in [2.05, 4.69) is 20.0 Å². The first-order valence-electron chi connectivity index (χ1n) is 8.91. The Hall–Kier alpha value is -3.72. The maximum Gasteiger partial charge on any atom is 0.263 e. The van der Waals surface area contributed by atoms with Crippen LogP contribution in [0.25, 0.3) is 11.0 Å². The zero-order valence-electron chi connectivity index (χ0n) is 15.8.